The topological polar surface area (TPSA) is 133 Å². The number of ether oxygens (including phenoxy) is 3. The van der Waals surface area contributed by atoms with E-state index in [9.17, 15) is 15.0 Å². The molecule has 11 heteroatoms. The molecular weight excluding hydrogens is 751 g/mol. The van der Waals surface area contributed by atoms with Gasteiger partial charge < -0.3 is 29.3 Å². The Kier molecular flexibility index (Phi) is 14.4. The lowest BCUT2D eigenvalue weighted by molar-refractivity contribution is -0.223. The van der Waals surface area contributed by atoms with E-state index in [4.69, 9.17) is 24.2 Å². The Bertz CT molecular complexity index is 2030. The number of fused-ring (bicyclic) bond motifs is 2. The predicted octanol–water partition coefficient (Wildman–Crippen LogP) is 8.89. The van der Waals surface area contributed by atoms with Crippen molar-refractivity contribution in [2.24, 2.45) is 22.9 Å². The standard InChI is InChI=1S/C47H53N3O7S/c1-2-24-54-47-44(58-25-19-36-30-48-20-21-49-36)29-42(50-55-32-33-11-4-3-5-12-33)40-27-35(14-6-8-22-51)39(16-7-9-23-52)45(46(40)47)41-28-38(17-18-43(41)57-47)56-37-15-10-13-34(26-37)31-53/h2-5,10-13,15,17-18,20-21,26-28,30-31,35,39,44-46,51-52H,1,6-9,14,16,19,22-25,29,32H2. The average molecular weight is 804 g/mol. The number of aromatic nitrogens is 2. The Morgan fingerprint density at radius 3 is 2.57 bits per heavy atom. The number of nitrogens with zero attached hydrogens (tertiary/aromatic N) is 3. The molecule has 3 aromatic carbocycles. The fraction of sp³-hybridized carbons (Fsp3) is 0.404. The van der Waals surface area contributed by atoms with Crippen molar-refractivity contribution in [3.63, 3.8) is 0 Å². The molecule has 3 aliphatic rings. The zero-order chi connectivity index (χ0) is 40.2. The van der Waals surface area contributed by atoms with Gasteiger partial charge in [-0.15, -0.1) is 6.58 Å². The van der Waals surface area contributed by atoms with Crippen LogP contribution in [0.1, 0.15) is 78.0 Å². The molecule has 1 aliphatic heterocycles. The molecule has 0 saturated heterocycles. The first-order valence-electron chi connectivity index (χ1n) is 20.4. The summed E-state index contributed by atoms with van der Waals surface area (Å²) in [7, 11) is 0. The van der Waals surface area contributed by atoms with E-state index in [1.165, 1.54) is 0 Å². The summed E-state index contributed by atoms with van der Waals surface area (Å²) in [6, 6.07) is 23.2. The van der Waals surface area contributed by atoms with Crippen molar-refractivity contribution in [3.8, 4) is 17.2 Å². The highest BCUT2D eigenvalue weighted by molar-refractivity contribution is 8.00. The number of unbranched alkanes of at least 4 members (excludes halogenated alkanes) is 2. The van der Waals surface area contributed by atoms with Gasteiger partial charge in [-0.2, -0.15) is 11.8 Å². The third kappa shape index (κ3) is 9.55. The summed E-state index contributed by atoms with van der Waals surface area (Å²) in [5.41, 5.74) is 5.45. The van der Waals surface area contributed by atoms with Crippen LogP contribution in [0, 0.1) is 17.8 Å². The number of carbonyl (C=O) groups is 1. The van der Waals surface area contributed by atoms with Gasteiger partial charge in [0.2, 0.25) is 5.79 Å². The number of oxime groups is 1. The van der Waals surface area contributed by atoms with Crippen LogP contribution >= 0.6 is 11.8 Å². The maximum Gasteiger partial charge on any atom is 0.230 e. The Morgan fingerprint density at radius 2 is 1.79 bits per heavy atom. The fourth-order valence-electron chi connectivity index (χ4n) is 8.85. The lowest BCUT2D eigenvalue weighted by atomic mass is 9.56. The highest BCUT2D eigenvalue weighted by Gasteiger charge is 2.64. The molecule has 6 unspecified atom stereocenters. The van der Waals surface area contributed by atoms with Crippen LogP contribution in [-0.2, 0) is 22.6 Å². The van der Waals surface area contributed by atoms with Gasteiger partial charge in [-0.25, -0.2) is 0 Å². The number of carbonyl (C=O) groups excluding carboxylic acids is 1. The van der Waals surface area contributed by atoms with Crippen LogP contribution in [-0.4, -0.2) is 68.8 Å². The number of rotatable bonds is 21. The van der Waals surface area contributed by atoms with Gasteiger partial charge in [0.05, 0.1) is 29.2 Å². The van der Waals surface area contributed by atoms with Gasteiger partial charge in [0.25, 0.3) is 0 Å². The average Bonchev–Trinajstić information content (AvgIpc) is 3.25. The summed E-state index contributed by atoms with van der Waals surface area (Å²) in [6.07, 6.45) is 16.4. The molecule has 0 spiro atoms. The van der Waals surface area contributed by atoms with Crippen LogP contribution in [0.3, 0.4) is 0 Å². The molecule has 10 nitrogen and oxygen atoms in total. The largest absolute Gasteiger partial charge is 0.460 e. The third-order valence-electron chi connectivity index (χ3n) is 11.4. The summed E-state index contributed by atoms with van der Waals surface area (Å²) in [5, 5.41) is 24.5. The highest BCUT2D eigenvalue weighted by Crippen LogP contribution is 2.62. The zero-order valence-corrected chi connectivity index (χ0v) is 33.7. The van der Waals surface area contributed by atoms with Crippen molar-refractivity contribution in [1.29, 1.82) is 0 Å². The quantitative estimate of drug-likeness (QED) is 0.0364. The summed E-state index contributed by atoms with van der Waals surface area (Å²) in [6.45, 7) is 4.93. The normalized spacial score (nSPS) is 23.9. The van der Waals surface area contributed by atoms with Crippen molar-refractivity contribution in [2.75, 3.05) is 25.6 Å². The maximum absolute atomic E-state index is 11.6. The molecule has 6 atom stereocenters. The van der Waals surface area contributed by atoms with Crippen LogP contribution in [0.4, 0.5) is 0 Å². The van der Waals surface area contributed by atoms with E-state index in [2.05, 4.69) is 28.7 Å². The number of aliphatic hydroxyl groups is 2. The molecular formula is C47H53N3O7S. The molecule has 1 saturated carbocycles. The number of benzene rings is 3. The molecule has 2 heterocycles. The van der Waals surface area contributed by atoms with Crippen molar-refractivity contribution >= 4 is 23.8 Å². The van der Waals surface area contributed by atoms with Crippen LogP contribution in [0.5, 0.6) is 17.2 Å². The predicted molar refractivity (Wildman–Crippen MR) is 226 cm³/mol. The van der Waals surface area contributed by atoms with E-state index in [0.717, 1.165) is 78.0 Å². The van der Waals surface area contributed by atoms with Gasteiger partial charge in [-0.3, -0.25) is 14.8 Å². The lowest BCUT2D eigenvalue weighted by Gasteiger charge is -2.58. The van der Waals surface area contributed by atoms with E-state index >= 15 is 0 Å². The second-order valence-corrected chi connectivity index (χ2v) is 16.4. The molecule has 0 amide bonds. The number of hydrogen-bond acceptors (Lipinski definition) is 11. The SMILES string of the molecule is C=CCOC12Oc3ccc(Oc4cccc(C=O)c4)cc3C3C(CCCCO)C(CCCCO)C=C(C(=NOCc4ccccc4)CC1SCCc1cnccn1)C32. The van der Waals surface area contributed by atoms with Crippen LogP contribution in [0.15, 0.2) is 121 Å². The first-order chi connectivity index (χ1) is 28.6. The Balaban J connectivity index is 1.36. The molecule has 1 aromatic heterocycles. The maximum atomic E-state index is 11.6. The highest BCUT2D eigenvalue weighted by atomic mass is 32.2. The minimum absolute atomic E-state index is 0.0843. The molecule has 7 rings (SSSR count). The van der Waals surface area contributed by atoms with E-state index in [0.29, 0.717) is 42.9 Å². The van der Waals surface area contributed by atoms with Crippen LogP contribution in [0.25, 0.3) is 0 Å². The Labute approximate surface area is 345 Å². The number of aryl methyl sites for hydroxylation is 1. The molecule has 0 radical (unpaired) electrons. The second kappa shape index (κ2) is 20.2. The monoisotopic (exact) mass is 803 g/mol. The van der Waals surface area contributed by atoms with Gasteiger partial charge in [0, 0.05) is 61.7 Å². The summed E-state index contributed by atoms with van der Waals surface area (Å²) < 4.78 is 20.8. The number of hydrogen-bond donors (Lipinski definition) is 2. The van der Waals surface area contributed by atoms with E-state index in [1.807, 2.05) is 60.8 Å². The number of aldehydes is 1. The first kappa shape index (κ1) is 41.4. The number of aliphatic hydroxyl groups excluding tert-OH is 2. The number of allylic oxidation sites excluding steroid dienone is 1. The molecule has 1 fully saturated rings. The summed E-state index contributed by atoms with van der Waals surface area (Å²) in [5.74, 6) is 1.55. The fourth-order valence-corrected chi connectivity index (χ4v) is 10.2. The second-order valence-electron chi connectivity index (χ2n) is 15.1. The molecule has 0 bridgehead atoms. The van der Waals surface area contributed by atoms with E-state index < -0.39 is 5.79 Å². The zero-order valence-electron chi connectivity index (χ0n) is 32.9. The van der Waals surface area contributed by atoms with Gasteiger partial charge >= 0.3 is 0 Å². The summed E-state index contributed by atoms with van der Waals surface area (Å²) >= 11 is 1.79. The van der Waals surface area contributed by atoms with Crippen LogP contribution in [0.2, 0.25) is 0 Å². The van der Waals surface area contributed by atoms with Crippen molar-refractivity contribution in [3.05, 3.63) is 138 Å². The lowest BCUT2D eigenvalue weighted by Crippen LogP contribution is -2.64. The minimum Gasteiger partial charge on any atom is -0.460 e. The molecule has 58 heavy (non-hydrogen) atoms. The van der Waals surface area contributed by atoms with Crippen molar-refractivity contribution in [2.45, 2.75) is 74.9 Å². The summed E-state index contributed by atoms with van der Waals surface area (Å²) in [4.78, 5) is 26.6. The van der Waals surface area contributed by atoms with Gasteiger partial charge in [-0.05, 0) is 84.7 Å². The minimum atomic E-state index is -1.09. The Hall–Kier alpha value is -4.81. The van der Waals surface area contributed by atoms with Crippen molar-refractivity contribution in [1.82, 2.24) is 9.97 Å². The molecule has 304 valence electrons. The molecule has 2 aliphatic carbocycles. The molecule has 2 N–H and O–H groups in total. The van der Waals surface area contributed by atoms with Gasteiger partial charge in [0.1, 0.15) is 30.1 Å². The van der Waals surface area contributed by atoms with E-state index in [1.54, 1.807) is 42.4 Å². The van der Waals surface area contributed by atoms with Crippen molar-refractivity contribution < 1.29 is 34.1 Å². The van der Waals surface area contributed by atoms with Crippen LogP contribution < -0.4 is 9.47 Å². The van der Waals surface area contributed by atoms with Gasteiger partial charge in [-0.1, -0.05) is 72.6 Å². The van der Waals surface area contributed by atoms with E-state index in [-0.39, 0.29) is 48.7 Å². The number of thioether (sulfide) groups is 1. The third-order valence-corrected chi connectivity index (χ3v) is 12.7. The van der Waals surface area contributed by atoms with Gasteiger partial charge in [0.15, 0.2) is 0 Å². The molecule has 4 aromatic rings. The Morgan fingerprint density at radius 1 is 0.966 bits per heavy atom. The first-order valence-corrected chi connectivity index (χ1v) is 21.5. The smallest absolute Gasteiger partial charge is 0.230 e.